The van der Waals surface area contributed by atoms with Crippen molar-refractivity contribution >= 4 is 15.9 Å². The van der Waals surface area contributed by atoms with Gasteiger partial charge in [-0.25, -0.2) is 0 Å². The van der Waals surface area contributed by atoms with Gasteiger partial charge >= 0.3 is 6.18 Å². The molecule has 1 unspecified atom stereocenters. The van der Waals surface area contributed by atoms with E-state index in [9.17, 15) is 13.2 Å². The molecule has 0 saturated carbocycles. The largest absolute Gasteiger partial charge is 0.411 e. The number of halogens is 4. The van der Waals surface area contributed by atoms with Crippen LogP contribution in [0, 0.1) is 12.8 Å². The van der Waals surface area contributed by atoms with Gasteiger partial charge in [-0.05, 0) is 24.8 Å². The summed E-state index contributed by atoms with van der Waals surface area (Å²) in [5, 5.41) is 0.624. The van der Waals surface area contributed by atoms with Crippen molar-refractivity contribution in [3.63, 3.8) is 0 Å². The number of hydrogen-bond acceptors (Lipinski definition) is 1. The predicted molar refractivity (Wildman–Crippen MR) is 69.0 cm³/mol. The lowest BCUT2D eigenvalue weighted by atomic mass is 10.0. The Morgan fingerprint density at radius 2 is 2.06 bits per heavy atom. The Bertz CT molecular complexity index is 365. The van der Waals surface area contributed by atoms with Gasteiger partial charge in [0.15, 0.2) is 0 Å². The zero-order chi connectivity index (χ0) is 13.6. The van der Waals surface area contributed by atoms with Crippen LogP contribution in [0.15, 0.2) is 24.3 Å². The van der Waals surface area contributed by atoms with Crippen molar-refractivity contribution in [2.24, 2.45) is 5.92 Å². The summed E-state index contributed by atoms with van der Waals surface area (Å²) in [4.78, 5) is 0. The highest BCUT2D eigenvalue weighted by Crippen LogP contribution is 2.17. The van der Waals surface area contributed by atoms with Crippen LogP contribution in [-0.4, -0.2) is 24.7 Å². The van der Waals surface area contributed by atoms with E-state index in [4.69, 9.17) is 4.74 Å². The molecule has 0 amide bonds. The first-order chi connectivity index (χ1) is 8.40. The molecule has 0 bridgehead atoms. The van der Waals surface area contributed by atoms with Crippen molar-refractivity contribution in [2.75, 3.05) is 18.5 Å². The molecule has 1 atom stereocenters. The second-order valence-electron chi connectivity index (χ2n) is 4.34. The maximum Gasteiger partial charge on any atom is 0.411 e. The average molecular weight is 325 g/mol. The number of alkyl halides is 4. The number of aryl methyl sites for hydroxylation is 1. The lowest BCUT2D eigenvalue weighted by Crippen LogP contribution is -2.22. The number of rotatable bonds is 6. The molecule has 0 aliphatic rings. The summed E-state index contributed by atoms with van der Waals surface area (Å²) in [6.07, 6.45) is -3.54. The minimum absolute atomic E-state index is 0.0501. The zero-order valence-electron chi connectivity index (χ0n) is 10.1. The fourth-order valence-electron chi connectivity index (χ4n) is 1.67. The van der Waals surface area contributed by atoms with Crippen LogP contribution < -0.4 is 0 Å². The van der Waals surface area contributed by atoms with Gasteiger partial charge in [0, 0.05) is 5.33 Å². The Morgan fingerprint density at radius 1 is 1.33 bits per heavy atom. The van der Waals surface area contributed by atoms with Gasteiger partial charge in [-0.2, -0.15) is 13.2 Å². The van der Waals surface area contributed by atoms with Crippen molar-refractivity contribution in [2.45, 2.75) is 19.5 Å². The van der Waals surface area contributed by atoms with Gasteiger partial charge in [-0.1, -0.05) is 45.8 Å². The Kier molecular flexibility index (Phi) is 6.15. The van der Waals surface area contributed by atoms with Crippen LogP contribution in [0.2, 0.25) is 0 Å². The second-order valence-corrected chi connectivity index (χ2v) is 4.99. The van der Waals surface area contributed by atoms with E-state index in [0.717, 1.165) is 11.1 Å². The van der Waals surface area contributed by atoms with Crippen molar-refractivity contribution in [1.82, 2.24) is 0 Å². The molecule has 5 heteroatoms. The summed E-state index contributed by atoms with van der Waals surface area (Å²) in [5.41, 5.74) is 2.27. The summed E-state index contributed by atoms with van der Waals surface area (Å²) < 4.78 is 40.6. The minimum Gasteiger partial charge on any atom is -0.372 e. The van der Waals surface area contributed by atoms with Crippen molar-refractivity contribution < 1.29 is 17.9 Å². The first-order valence-electron chi connectivity index (χ1n) is 5.66. The maximum atomic E-state index is 12.0. The van der Waals surface area contributed by atoms with Crippen molar-refractivity contribution in [1.29, 1.82) is 0 Å². The van der Waals surface area contributed by atoms with Gasteiger partial charge in [0.1, 0.15) is 6.61 Å². The highest BCUT2D eigenvalue weighted by atomic mass is 79.9. The van der Waals surface area contributed by atoms with Gasteiger partial charge in [-0.3, -0.25) is 0 Å². The van der Waals surface area contributed by atoms with Crippen molar-refractivity contribution in [3.05, 3.63) is 35.4 Å². The number of hydrogen-bond donors (Lipinski definition) is 0. The Hall–Kier alpha value is -0.550. The summed E-state index contributed by atoms with van der Waals surface area (Å²) >= 11 is 3.31. The Labute approximate surface area is 113 Å². The van der Waals surface area contributed by atoms with Gasteiger partial charge in [0.25, 0.3) is 0 Å². The molecule has 18 heavy (non-hydrogen) atoms. The monoisotopic (exact) mass is 324 g/mol. The molecule has 0 aliphatic carbocycles. The van der Waals surface area contributed by atoms with Crippen LogP contribution in [0.5, 0.6) is 0 Å². The molecule has 0 radical (unpaired) electrons. The smallest absolute Gasteiger partial charge is 0.372 e. The van der Waals surface area contributed by atoms with E-state index in [1.807, 2.05) is 31.2 Å². The van der Waals surface area contributed by atoms with Gasteiger partial charge in [-0.15, -0.1) is 0 Å². The molecule has 102 valence electrons. The summed E-state index contributed by atoms with van der Waals surface area (Å²) in [5.74, 6) is 0.0501. The van der Waals surface area contributed by atoms with Crippen LogP contribution in [-0.2, 0) is 11.2 Å². The van der Waals surface area contributed by atoms with E-state index in [1.54, 1.807) is 0 Å². The number of ether oxygens (including phenoxy) is 1. The van der Waals surface area contributed by atoms with Gasteiger partial charge < -0.3 is 4.74 Å². The Balaban J connectivity index is 2.42. The topological polar surface area (TPSA) is 9.23 Å². The quantitative estimate of drug-likeness (QED) is 0.715. The van der Waals surface area contributed by atoms with Crippen LogP contribution in [0.3, 0.4) is 0 Å². The van der Waals surface area contributed by atoms with Crippen LogP contribution in [0.4, 0.5) is 13.2 Å². The van der Waals surface area contributed by atoms with Crippen LogP contribution in [0.1, 0.15) is 11.1 Å². The fraction of sp³-hybridized carbons (Fsp3) is 0.538. The van der Waals surface area contributed by atoms with Crippen LogP contribution in [0.25, 0.3) is 0 Å². The molecule has 1 aromatic carbocycles. The molecule has 0 spiro atoms. The van der Waals surface area contributed by atoms with Gasteiger partial charge in [0.2, 0.25) is 0 Å². The first-order valence-corrected chi connectivity index (χ1v) is 6.79. The third kappa shape index (κ3) is 6.40. The molecule has 1 aromatic rings. The highest BCUT2D eigenvalue weighted by molar-refractivity contribution is 9.09. The fourth-order valence-corrected chi connectivity index (χ4v) is 2.09. The summed E-state index contributed by atoms with van der Waals surface area (Å²) in [7, 11) is 0. The predicted octanol–water partition coefficient (Wildman–Crippen LogP) is 4.13. The summed E-state index contributed by atoms with van der Waals surface area (Å²) in [6.45, 7) is 0.926. The summed E-state index contributed by atoms with van der Waals surface area (Å²) in [6, 6.07) is 7.96. The Morgan fingerprint density at radius 3 is 2.61 bits per heavy atom. The third-order valence-electron chi connectivity index (χ3n) is 2.44. The lowest BCUT2D eigenvalue weighted by Gasteiger charge is -2.15. The van der Waals surface area contributed by atoms with E-state index >= 15 is 0 Å². The lowest BCUT2D eigenvalue weighted by molar-refractivity contribution is -0.176. The first kappa shape index (κ1) is 15.5. The molecule has 1 nitrogen and oxygen atoms in total. The van der Waals surface area contributed by atoms with Gasteiger partial charge in [0.05, 0.1) is 6.61 Å². The molecule has 0 heterocycles. The molecule has 1 rings (SSSR count). The zero-order valence-corrected chi connectivity index (χ0v) is 11.7. The third-order valence-corrected chi connectivity index (χ3v) is 3.36. The average Bonchev–Trinajstić information content (AvgIpc) is 2.26. The number of benzene rings is 1. The van der Waals surface area contributed by atoms with E-state index in [0.29, 0.717) is 11.8 Å². The molecule has 0 aliphatic heterocycles. The van der Waals surface area contributed by atoms with Crippen molar-refractivity contribution in [3.8, 4) is 0 Å². The van der Waals surface area contributed by atoms with E-state index < -0.39 is 12.8 Å². The molecular weight excluding hydrogens is 309 g/mol. The van der Waals surface area contributed by atoms with Crippen LogP contribution >= 0.6 is 15.9 Å². The minimum atomic E-state index is -4.25. The molecule has 0 fully saturated rings. The molecular formula is C13H16BrF3O. The highest BCUT2D eigenvalue weighted by Gasteiger charge is 2.27. The SMILES string of the molecule is Cc1cccc(CC(CBr)COCC(F)(F)F)c1. The molecule has 0 N–H and O–H groups in total. The van der Waals surface area contributed by atoms with E-state index in [2.05, 4.69) is 15.9 Å². The molecule has 0 saturated heterocycles. The van der Waals surface area contributed by atoms with E-state index in [-0.39, 0.29) is 12.5 Å². The second kappa shape index (κ2) is 7.14. The van der Waals surface area contributed by atoms with E-state index in [1.165, 1.54) is 0 Å². The molecule has 0 aromatic heterocycles. The normalized spacial score (nSPS) is 13.6. The maximum absolute atomic E-state index is 12.0. The standard InChI is InChI=1S/C13H16BrF3O/c1-10-3-2-4-11(5-10)6-12(7-14)8-18-9-13(15,16)17/h2-5,12H,6-9H2,1H3.